The number of nitrogens with zero attached hydrogens (tertiary/aromatic N) is 2. The molecular weight excluding hydrogens is 322 g/mol. The van der Waals surface area contributed by atoms with Gasteiger partial charge < -0.3 is 19.7 Å². The number of pyridine rings is 1. The van der Waals surface area contributed by atoms with E-state index in [1.165, 1.54) is 6.20 Å². The fraction of sp³-hybridized carbons (Fsp3) is 0.611. The normalized spacial score (nSPS) is 19.2. The van der Waals surface area contributed by atoms with Gasteiger partial charge in [0.05, 0.1) is 13.2 Å². The van der Waals surface area contributed by atoms with Gasteiger partial charge >= 0.3 is 0 Å². The van der Waals surface area contributed by atoms with Crippen LogP contribution in [0.25, 0.3) is 0 Å². The second-order valence-corrected chi connectivity index (χ2v) is 6.44. The van der Waals surface area contributed by atoms with Crippen LogP contribution in [-0.4, -0.2) is 60.3 Å². The molecule has 2 aliphatic heterocycles. The van der Waals surface area contributed by atoms with Crippen LogP contribution < -0.4 is 5.32 Å². The van der Waals surface area contributed by atoms with Crippen LogP contribution in [0.1, 0.15) is 53.5 Å². The maximum absolute atomic E-state index is 12.7. The van der Waals surface area contributed by atoms with Gasteiger partial charge in [-0.25, -0.2) is 0 Å². The quantitative estimate of drug-likeness (QED) is 0.818. The zero-order valence-electron chi connectivity index (χ0n) is 14.6. The van der Waals surface area contributed by atoms with Crippen LogP contribution in [0, 0.1) is 0 Å². The summed E-state index contributed by atoms with van der Waals surface area (Å²) in [5.74, 6) is -0.828. The Labute approximate surface area is 147 Å². The number of rotatable bonds is 5. The van der Waals surface area contributed by atoms with Gasteiger partial charge in [-0.3, -0.25) is 14.6 Å². The molecule has 0 unspecified atom stereocenters. The van der Waals surface area contributed by atoms with Crippen LogP contribution in [0.4, 0.5) is 0 Å². The fourth-order valence-electron chi connectivity index (χ4n) is 3.18. The molecule has 2 saturated heterocycles. The van der Waals surface area contributed by atoms with Gasteiger partial charge in [-0.15, -0.1) is 0 Å². The first-order chi connectivity index (χ1) is 12.1. The van der Waals surface area contributed by atoms with Gasteiger partial charge in [0.25, 0.3) is 11.8 Å². The highest BCUT2D eigenvalue weighted by Crippen LogP contribution is 2.31. The lowest BCUT2D eigenvalue weighted by atomic mass is 10.0. The fourth-order valence-corrected chi connectivity index (χ4v) is 3.18. The number of unbranched alkanes of at least 4 members (excludes halogenated alkanes) is 1. The van der Waals surface area contributed by atoms with Crippen molar-refractivity contribution in [3.05, 3.63) is 29.6 Å². The van der Waals surface area contributed by atoms with E-state index in [9.17, 15) is 9.59 Å². The highest BCUT2D eigenvalue weighted by atomic mass is 16.7. The van der Waals surface area contributed by atoms with E-state index in [1.54, 1.807) is 17.0 Å². The third-order valence-electron chi connectivity index (χ3n) is 4.68. The molecule has 0 bridgehead atoms. The van der Waals surface area contributed by atoms with E-state index in [-0.39, 0.29) is 17.5 Å². The monoisotopic (exact) mass is 347 g/mol. The van der Waals surface area contributed by atoms with Crippen LogP contribution in [0.5, 0.6) is 0 Å². The third kappa shape index (κ3) is 4.16. The number of aromatic nitrogens is 1. The summed E-state index contributed by atoms with van der Waals surface area (Å²) < 4.78 is 11.4. The van der Waals surface area contributed by atoms with Gasteiger partial charge in [-0.1, -0.05) is 13.3 Å². The van der Waals surface area contributed by atoms with E-state index < -0.39 is 5.79 Å². The largest absolute Gasteiger partial charge is 0.351 e. The number of carbonyl (C=O) groups is 2. The molecule has 3 heterocycles. The van der Waals surface area contributed by atoms with Gasteiger partial charge in [0.1, 0.15) is 5.69 Å². The molecule has 7 heteroatoms. The Balaban J connectivity index is 1.60. The highest BCUT2D eigenvalue weighted by molar-refractivity contribution is 5.98. The van der Waals surface area contributed by atoms with Gasteiger partial charge in [0.2, 0.25) is 0 Å². The zero-order chi connectivity index (χ0) is 17.7. The Morgan fingerprint density at radius 2 is 2.00 bits per heavy atom. The number of ether oxygens (including phenoxy) is 2. The lowest BCUT2D eigenvalue weighted by Crippen LogP contribution is -2.47. The number of piperidine rings is 1. The Hall–Kier alpha value is -1.99. The Bertz CT molecular complexity index is 619. The molecular formula is C18H25N3O4. The molecule has 7 nitrogen and oxygen atoms in total. The van der Waals surface area contributed by atoms with Crippen molar-refractivity contribution in [2.45, 2.75) is 38.4 Å². The predicted molar refractivity (Wildman–Crippen MR) is 91.3 cm³/mol. The summed E-state index contributed by atoms with van der Waals surface area (Å²) in [5, 5.41) is 2.82. The molecule has 1 N–H and O–H groups in total. The van der Waals surface area contributed by atoms with Crippen molar-refractivity contribution in [1.82, 2.24) is 15.2 Å². The lowest BCUT2D eigenvalue weighted by molar-refractivity contribution is -0.181. The summed E-state index contributed by atoms with van der Waals surface area (Å²) in [4.78, 5) is 30.7. The van der Waals surface area contributed by atoms with E-state index in [0.717, 1.165) is 12.8 Å². The SMILES string of the molecule is CCCCNC(=O)c1cc(C(=O)N2CCC3(CC2)OCCO3)ccn1. The van der Waals surface area contributed by atoms with Crippen molar-refractivity contribution in [3.8, 4) is 0 Å². The van der Waals surface area contributed by atoms with E-state index in [0.29, 0.717) is 51.3 Å². The molecule has 1 spiro atoms. The molecule has 2 fully saturated rings. The second-order valence-electron chi connectivity index (χ2n) is 6.44. The summed E-state index contributed by atoms with van der Waals surface area (Å²) in [6.07, 6.45) is 4.79. The standard InChI is InChI=1S/C18H25N3O4/c1-2-3-7-20-16(22)15-13-14(4-8-19-15)17(23)21-9-5-18(6-10-21)24-11-12-25-18/h4,8,13H,2-3,5-7,9-12H2,1H3,(H,20,22). The summed E-state index contributed by atoms with van der Waals surface area (Å²) in [6, 6.07) is 3.22. The van der Waals surface area contributed by atoms with Crippen LogP contribution in [0.15, 0.2) is 18.3 Å². The Morgan fingerprint density at radius 3 is 2.68 bits per heavy atom. The Morgan fingerprint density at radius 1 is 1.28 bits per heavy atom. The Kier molecular flexibility index (Phi) is 5.65. The smallest absolute Gasteiger partial charge is 0.269 e. The molecule has 1 aromatic heterocycles. The molecule has 0 saturated carbocycles. The first kappa shape index (κ1) is 17.8. The zero-order valence-corrected chi connectivity index (χ0v) is 14.6. The maximum Gasteiger partial charge on any atom is 0.269 e. The summed E-state index contributed by atoms with van der Waals surface area (Å²) in [7, 11) is 0. The van der Waals surface area contributed by atoms with Gasteiger partial charge in [-0.2, -0.15) is 0 Å². The van der Waals surface area contributed by atoms with Crippen molar-refractivity contribution >= 4 is 11.8 Å². The van der Waals surface area contributed by atoms with Crippen LogP contribution in [0.3, 0.4) is 0 Å². The maximum atomic E-state index is 12.7. The van der Waals surface area contributed by atoms with E-state index in [1.807, 2.05) is 0 Å². The van der Waals surface area contributed by atoms with Crippen molar-refractivity contribution in [2.24, 2.45) is 0 Å². The second kappa shape index (κ2) is 7.93. The van der Waals surface area contributed by atoms with E-state index >= 15 is 0 Å². The number of hydrogen-bond acceptors (Lipinski definition) is 5. The number of hydrogen-bond donors (Lipinski definition) is 1. The molecule has 3 rings (SSSR count). The summed E-state index contributed by atoms with van der Waals surface area (Å²) >= 11 is 0. The summed E-state index contributed by atoms with van der Waals surface area (Å²) in [5.41, 5.74) is 0.762. The minimum atomic E-state index is -0.501. The molecule has 0 radical (unpaired) electrons. The molecule has 136 valence electrons. The van der Waals surface area contributed by atoms with Gasteiger partial charge in [0.15, 0.2) is 5.79 Å². The highest BCUT2D eigenvalue weighted by Gasteiger charge is 2.40. The average Bonchev–Trinajstić information content (AvgIpc) is 3.10. The van der Waals surface area contributed by atoms with Gasteiger partial charge in [0, 0.05) is 44.2 Å². The minimum Gasteiger partial charge on any atom is -0.351 e. The predicted octanol–water partition coefficient (Wildman–Crippen LogP) is 1.59. The third-order valence-corrected chi connectivity index (χ3v) is 4.68. The van der Waals surface area contributed by atoms with Crippen molar-refractivity contribution in [2.75, 3.05) is 32.8 Å². The molecule has 25 heavy (non-hydrogen) atoms. The van der Waals surface area contributed by atoms with E-state index in [2.05, 4.69) is 17.2 Å². The average molecular weight is 347 g/mol. The number of nitrogens with one attached hydrogen (secondary N) is 1. The molecule has 2 aliphatic rings. The minimum absolute atomic E-state index is 0.0853. The molecule has 0 aromatic carbocycles. The summed E-state index contributed by atoms with van der Waals surface area (Å²) in [6.45, 7) is 5.08. The number of likely N-dealkylation sites (tertiary alicyclic amines) is 1. The van der Waals surface area contributed by atoms with E-state index in [4.69, 9.17) is 9.47 Å². The topological polar surface area (TPSA) is 80.8 Å². The number of carbonyl (C=O) groups excluding carboxylic acids is 2. The lowest BCUT2D eigenvalue weighted by Gasteiger charge is -2.37. The first-order valence-corrected chi connectivity index (χ1v) is 8.95. The van der Waals surface area contributed by atoms with Gasteiger partial charge in [-0.05, 0) is 18.6 Å². The number of amides is 2. The van der Waals surface area contributed by atoms with Crippen LogP contribution in [-0.2, 0) is 9.47 Å². The molecule has 1 aromatic rings. The van der Waals surface area contributed by atoms with Crippen molar-refractivity contribution < 1.29 is 19.1 Å². The van der Waals surface area contributed by atoms with Crippen LogP contribution in [0.2, 0.25) is 0 Å². The van der Waals surface area contributed by atoms with Crippen molar-refractivity contribution in [3.63, 3.8) is 0 Å². The molecule has 2 amide bonds. The first-order valence-electron chi connectivity index (χ1n) is 8.95. The molecule has 0 aliphatic carbocycles. The van der Waals surface area contributed by atoms with Crippen molar-refractivity contribution in [1.29, 1.82) is 0 Å². The van der Waals surface area contributed by atoms with Crippen LogP contribution >= 0.6 is 0 Å². The molecule has 0 atom stereocenters.